The molecule has 1 N–H and O–H groups in total. The van der Waals surface area contributed by atoms with Gasteiger partial charge in [0.05, 0.1) is 17.7 Å². The summed E-state index contributed by atoms with van der Waals surface area (Å²) in [5.74, 6) is -1.31. The van der Waals surface area contributed by atoms with Crippen molar-refractivity contribution in [3.05, 3.63) is 18.0 Å². The minimum Gasteiger partial charge on any atom is -0.308 e. The summed E-state index contributed by atoms with van der Waals surface area (Å²) in [4.78, 5) is 0. The third kappa shape index (κ3) is 2.07. The van der Waals surface area contributed by atoms with Crippen molar-refractivity contribution in [3.63, 3.8) is 0 Å². The van der Waals surface area contributed by atoms with Gasteiger partial charge in [0.15, 0.2) is 0 Å². The van der Waals surface area contributed by atoms with Gasteiger partial charge in [-0.05, 0) is 25.5 Å². The summed E-state index contributed by atoms with van der Waals surface area (Å²) >= 11 is 0. The van der Waals surface area contributed by atoms with Crippen LogP contribution in [-0.2, 0) is 7.05 Å². The van der Waals surface area contributed by atoms with Crippen molar-refractivity contribution in [1.82, 2.24) is 15.1 Å². The second-order valence-electron chi connectivity index (χ2n) is 4.10. The number of halogens is 3. The summed E-state index contributed by atoms with van der Waals surface area (Å²) < 4.78 is 40.0. The van der Waals surface area contributed by atoms with Gasteiger partial charge in [0.25, 0.3) is 0 Å². The molecule has 0 spiro atoms. The maximum absolute atomic E-state index is 12.8. The molecule has 0 radical (unpaired) electrons. The van der Waals surface area contributed by atoms with Crippen molar-refractivity contribution in [2.45, 2.75) is 25.1 Å². The Bertz CT molecular complexity index is 358. The van der Waals surface area contributed by atoms with Crippen LogP contribution >= 0.6 is 0 Å². The third-order valence-electron chi connectivity index (χ3n) is 3.06. The van der Waals surface area contributed by atoms with Crippen LogP contribution in [0.5, 0.6) is 0 Å². The lowest BCUT2D eigenvalue weighted by molar-refractivity contribution is -0.189. The molecular formula is C10H14F3N3. The van der Waals surface area contributed by atoms with Crippen molar-refractivity contribution in [2.24, 2.45) is 13.0 Å². The SMILES string of the molecule is Cn1nccc1C1NCCCC1C(F)(F)F. The molecule has 1 saturated heterocycles. The second kappa shape index (κ2) is 4.08. The second-order valence-corrected chi connectivity index (χ2v) is 4.10. The summed E-state index contributed by atoms with van der Waals surface area (Å²) in [5.41, 5.74) is 0.599. The lowest BCUT2D eigenvalue weighted by Crippen LogP contribution is -2.42. The average Bonchev–Trinajstić information content (AvgIpc) is 2.63. The molecule has 0 bridgehead atoms. The first-order valence-corrected chi connectivity index (χ1v) is 5.28. The fourth-order valence-electron chi connectivity index (χ4n) is 2.24. The number of aromatic nitrogens is 2. The van der Waals surface area contributed by atoms with Crippen molar-refractivity contribution in [3.8, 4) is 0 Å². The Kier molecular flexibility index (Phi) is 2.92. The Morgan fingerprint density at radius 1 is 1.50 bits per heavy atom. The number of nitrogens with one attached hydrogen (secondary N) is 1. The standard InChI is InChI=1S/C10H14F3N3/c1-16-8(4-6-15-16)9-7(10(11,12)13)3-2-5-14-9/h4,6-7,9,14H,2-3,5H2,1H3. The van der Waals surface area contributed by atoms with Crippen LogP contribution in [0.25, 0.3) is 0 Å². The van der Waals surface area contributed by atoms with Crippen molar-refractivity contribution < 1.29 is 13.2 Å². The molecule has 16 heavy (non-hydrogen) atoms. The molecule has 1 aliphatic heterocycles. The highest BCUT2D eigenvalue weighted by atomic mass is 19.4. The quantitative estimate of drug-likeness (QED) is 0.804. The fraction of sp³-hybridized carbons (Fsp3) is 0.700. The van der Waals surface area contributed by atoms with Gasteiger partial charge in [-0.2, -0.15) is 18.3 Å². The molecule has 0 aliphatic carbocycles. The molecule has 2 heterocycles. The molecule has 0 aromatic carbocycles. The number of aryl methyl sites for hydroxylation is 1. The Balaban J connectivity index is 2.27. The van der Waals surface area contributed by atoms with Gasteiger partial charge in [-0.3, -0.25) is 4.68 Å². The predicted molar refractivity (Wildman–Crippen MR) is 52.7 cm³/mol. The number of piperidine rings is 1. The van der Waals surface area contributed by atoms with E-state index in [2.05, 4.69) is 10.4 Å². The highest BCUT2D eigenvalue weighted by molar-refractivity contribution is 5.10. The van der Waals surface area contributed by atoms with Crippen LogP contribution in [-0.4, -0.2) is 22.5 Å². The van der Waals surface area contributed by atoms with Gasteiger partial charge >= 0.3 is 6.18 Å². The summed E-state index contributed by atoms with van der Waals surface area (Å²) in [6.45, 7) is 0.627. The summed E-state index contributed by atoms with van der Waals surface area (Å²) in [7, 11) is 1.67. The van der Waals surface area contributed by atoms with Gasteiger partial charge in [-0.15, -0.1) is 0 Å². The zero-order chi connectivity index (χ0) is 11.8. The van der Waals surface area contributed by atoms with E-state index >= 15 is 0 Å². The van der Waals surface area contributed by atoms with Gasteiger partial charge < -0.3 is 5.32 Å². The molecule has 0 amide bonds. The van der Waals surface area contributed by atoms with E-state index in [9.17, 15) is 13.2 Å². The minimum atomic E-state index is -4.15. The van der Waals surface area contributed by atoms with Gasteiger partial charge in [0.2, 0.25) is 0 Å². The fourth-order valence-corrected chi connectivity index (χ4v) is 2.24. The van der Waals surface area contributed by atoms with Gasteiger partial charge in [-0.1, -0.05) is 0 Å². The number of rotatable bonds is 1. The van der Waals surface area contributed by atoms with E-state index in [1.165, 1.54) is 10.9 Å². The monoisotopic (exact) mass is 233 g/mol. The van der Waals surface area contributed by atoms with E-state index in [1.54, 1.807) is 13.1 Å². The van der Waals surface area contributed by atoms with Crippen LogP contribution in [0.2, 0.25) is 0 Å². The van der Waals surface area contributed by atoms with Crippen molar-refractivity contribution in [1.29, 1.82) is 0 Å². The molecule has 0 saturated carbocycles. The summed E-state index contributed by atoms with van der Waals surface area (Å²) in [6, 6.07) is 0.975. The molecular weight excluding hydrogens is 219 g/mol. The van der Waals surface area contributed by atoms with Crippen LogP contribution in [0.4, 0.5) is 13.2 Å². The first-order chi connectivity index (χ1) is 7.50. The lowest BCUT2D eigenvalue weighted by atomic mass is 9.88. The van der Waals surface area contributed by atoms with E-state index in [4.69, 9.17) is 0 Å². The van der Waals surface area contributed by atoms with Crippen molar-refractivity contribution >= 4 is 0 Å². The first-order valence-electron chi connectivity index (χ1n) is 5.28. The van der Waals surface area contributed by atoms with E-state index in [0.29, 0.717) is 18.7 Å². The molecule has 1 aromatic heterocycles. The van der Waals surface area contributed by atoms with Crippen LogP contribution in [0.1, 0.15) is 24.6 Å². The highest BCUT2D eigenvalue weighted by Crippen LogP contribution is 2.40. The molecule has 1 aromatic rings. The van der Waals surface area contributed by atoms with Gasteiger partial charge in [0, 0.05) is 13.2 Å². The van der Waals surface area contributed by atoms with E-state index in [1.807, 2.05) is 0 Å². The van der Waals surface area contributed by atoms with E-state index in [-0.39, 0.29) is 6.42 Å². The van der Waals surface area contributed by atoms with E-state index in [0.717, 1.165) is 0 Å². The number of hydrogen-bond acceptors (Lipinski definition) is 2. The van der Waals surface area contributed by atoms with Crippen molar-refractivity contribution in [2.75, 3.05) is 6.54 Å². The number of hydrogen-bond donors (Lipinski definition) is 1. The molecule has 2 unspecified atom stereocenters. The summed E-state index contributed by atoms with van der Waals surface area (Å²) in [5, 5.41) is 6.86. The smallest absolute Gasteiger partial charge is 0.308 e. The Hall–Kier alpha value is -1.04. The average molecular weight is 233 g/mol. The van der Waals surface area contributed by atoms with Gasteiger partial charge in [0.1, 0.15) is 0 Å². The third-order valence-corrected chi connectivity index (χ3v) is 3.06. The zero-order valence-corrected chi connectivity index (χ0v) is 8.96. The van der Waals surface area contributed by atoms with Crippen LogP contribution in [0.15, 0.2) is 12.3 Å². The Morgan fingerprint density at radius 2 is 2.25 bits per heavy atom. The predicted octanol–water partition coefficient (Wildman–Crippen LogP) is 2.02. The molecule has 1 fully saturated rings. The van der Waals surface area contributed by atoms with Crippen LogP contribution in [0.3, 0.4) is 0 Å². The largest absolute Gasteiger partial charge is 0.393 e. The first kappa shape index (κ1) is 11.4. The minimum absolute atomic E-state index is 0.187. The van der Waals surface area contributed by atoms with E-state index < -0.39 is 18.1 Å². The molecule has 90 valence electrons. The molecule has 2 atom stereocenters. The maximum Gasteiger partial charge on any atom is 0.393 e. The van der Waals surface area contributed by atoms with Crippen LogP contribution < -0.4 is 5.32 Å². The topological polar surface area (TPSA) is 29.9 Å². The molecule has 6 heteroatoms. The Labute approximate surface area is 91.6 Å². The number of alkyl halides is 3. The van der Waals surface area contributed by atoms with Gasteiger partial charge in [-0.25, -0.2) is 0 Å². The highest BCUT2D eigenvalue weighted by Gasteiger charge is 2.46. The molecule has 1 aliphatic rings. The maximum atomic E-state index is 12.8. The molecule has 3 nitrogen and oxygen atoms in total. The zero-order valence-electron chi connectivity index (χ0n) is 8.96. The summed E-state index contributed by atoms with van der Waals surface area (Å²) in [6.07, 6.45) is -1.87. The number of nitrogens with zero attached hydrogens (tertiary/aromatic N) is 2. The van der Waals surface area contributed by atoms with Crippen LogP contribution in [0, 0.1) is 5.92 Å². The lowest BCUT2D eigenvalue weighted by Gasteiger charge is -2.33. The molecule has 2 rings (SSSR count). The normalized spacial score (nSPS) is 27.0. The Morgan fingerprint density at radius 3 is 2.81 bits per heavy atom.